The molecule has 0 bridgehead atoms. The SMILES string of the molecule is O=C(O)C1(c2cc(F)cc3c2OCOC3)CC1. The molecule has 1 aliphatic carbocycles. The largest absolute Gasteiger partial charge is 0.481 e. The second-order valence-corrected chi connectivity index (χ2v) is 4.44. The molecule has 4 nitrogen and oxygen atoms in total. The molecule has 0 saturated heterocycles. The van der Waals surface area contributed by atoms with Crippen molar-refractivity contribution in [1.29, 1.82) is 0 Å². The highest BCUT2D eigenvalue weighted by molar-refractivity contribution is 5.86. The number of carboxylic acid groups (broad SMARTS) is 1. The molecule has 1 saturated carbocycles. The van der Waals surface area contributed by atoms with Gasteiger partial charge in [-0.15, -0.1) is 0 Å². The number of carboxylic acids is 1. The predicted molar refractivity (Wildman–Crippen MR) is 55.2 cm³/mol. The van der Waals surface area contributed by atoms with E-state index in [1.807, 2.05) is 0 Å². The van der Waals surface area contributed by atoms with E-state index in [0.29, 0.717) is 29.7 Å². The van der Waals surface area contributed by atoms with E-state index in [0.717, 1.165) is 0 Å². The molecular formula is C12H11FO4. The summed E-state index contributed by atoms with van der Waals surface area (Å²) in [6, 6.07) is 2.60. The van der Waals surface area contributed by atoms with Crippen molar-refractivity contribution >= 4 is 5.97 Å². The quantitative estimate of drug-likeness (QED) is 0.853. The van der Waals surface area contributed by atoms with Crippen molar-refractivity contribution < 1.29 is 23.8 Å². The normalized spacial score (nSPS) is 20.3. The molecule has 1 heterocycles. The third-order valence-corrected chi connectivity index (χ3v) is 3.35. The molecule has 3 rings (SSSR count). The van der Waals surface area contributed by atoms with Gasteiger partial charge in [0.1, 0.15) is 11.6 Å². The molecule has 0 amide bonds. The average Bonchev–Trinajstić information content (AvgIpc) is 3.09. The summed E-state index contributed by atoms with van der Waals surface area (Å²) in [7, 11) is 0. The number of hydrogen-bond donors (Lipinski definition) is 1. The van der Waals surface area contributed by atoms with E-state index in [1.165, 1.54) is 12.1 Å². The highest BCUT2D eigenvalue weighted by Gasteiger charge is 2.54. The summed E-state index contributed by atoms with van der Waals surface area (Å²) in [5.41, 5.74) is 0.0749. The number of ether oxygens (including phenoxy) is 2. The Kier molecular flexibility index (Phi) is 2.13. The molecule has 0 unspecified atom stereocenters. The van der Waals surface area contributed by atoms with Crippen LogP contribution in [0.1, 0.15) is 24.0 Å². The summed E-state index contributed by atoms with van der Waals surface area (Å²) >= 11 is 0. The van der Waals surface area contributed by atoms with Gasteiger partial charge < -0.3 is 14.6 Å². The number of halogens is 1. The van der Waals surface area contributed by atoms with Gasteiger partial charge in [-0.2, -0.15) is 0 Å². The Balaban J connectivity index is 2.16. The molecular weight excluding hydrogens is 227 g/mol. The van der Waals surface area contributed by atoms with E-state index in [1.54, 1.807) is 0 Å². The van der Waals surface area contributed by atoms with E-state index in [-0.39, 0.29) is 13.4 Å². The fraction of sp³-hybridized carbons (Fsp3) is 0.417. The Morgan fingerprint density at radius 2 is 2.18 bits per heavy atom. The van der Waals surface area contributed by atoms with E-state index in [9.17, 15) is 14.3 Å². The monoisotopic (exact) mass is 238 g/mol. The van der Waals surface area contributed by atoms with Gasteiger partial charge in [-0.1, -0.05) is 0 Å². The summed E-state index contributed by atoms with van der Waals surface area (Å²) < 4.78 is 23.9. The van der Waals surface area contributed by atoms with Crippen molar-refractivity contribution in [3.63, 3.8) is 0 Å². The van der Waals surface area contributed by atoms with Crippen LogP contribution >= 0.6 is 0 Å². The second kappa shape index (κ2) is 3.43. The van der Waals surface area contributed by atoms with Gasteiger partial charge in [-0.05, 0) is 25.0 Å². The highest BCUT2D eigenvalue weighted by Crippen LogP contribution is 2.52. The molecule has 90 valence electrons. The van der Waals surface area contributed by atoms with E-state index < -0.39 is 17.2 Å². The third kappa shape index (κ3) is 1.50. The molecule has 5 heteroatoms. The maximum atomic E-state index is 13.5. The van der Waals surface area contributed by atoms with E-state index in [4.69, 9.17) is 9.47 Å². The van der Waals surface area contributed by atoms with Crippen molar-refractivity contribution in [3.05, 3.63) is 29.1 Å². The Labute approximate surface area is 97.0 Å². The molecule has 0 aromatic heterocycles. The molecule has 0 atom stereocenters. The lowest BCUT2D eigenvalue weighted by molar-refractivity contribution is -0.140. The van der Waals surface area contributed by atoms with Crippen LogP contribution in [0.25, 0.3) is 0 Å². The van der Waals surface area contributed by atoms with Gasteiger partial charge in [0.2, 0.25) is 0 Å². The summed E-state index contributed by atoms with van der Waals surface area (Å²) in [6.07, 6.45) is 1.06. The Morgan fingerprint density at radius 1 is 1.41 bits per heavy atom. The molecule has 1 N–H and O–H groups in total. The van der Waals surface area contributed by atoms with Gasteiger partial charge in [0, 0.05) is 11.1 Å². The first-order valence-electron chi connectivity index (χ1n) is 5.40. The molecule has 1 fully saturated rings. The van der Waals surface area contributed by atoms with Crippen molar-refractivity contribution in [2.75, 3.05) is 6.79 Å². The number of hydrogen-bond acceptors (Lipinski definition) is 3. The van der Waals surface area contributed by atoms with Crippen LogP contribution in [-0.4, -0.2) is 17.9 Å². The standard InChI is InChI=1S/C12H11FO4/c13-8-3-7-5-16-6-17-10(7)9(4-8)12(1-2-12)11(14)15/h3-4H,1-2,5-6H2,(H,14,15). The second-order valence-electron chi connectivity index (χ2n) is 4.44. The summed E-state index contributed by atoms with van der Waals surface area (Å²) in [5.74, 6) is -0.877. The number of fused-ring (bicyclic) bond motifs is 1. The first-order valence-corrected chi connectivity index (χ1v) is 5.40. The summed E-state index contributed by atoms with van der Waals surface area (Å²) in [4.78, 5) is 11.3. The summed E-state index contributed by atoms with van der Waals surface area (Å²) in [6.45, 7) is 0.344. The molecule has 0 radical (unpaired) electrons. The molecule has 0 spiro atoms. The van der Waals surface area contributed by atoms with Crippen LogP contribution in [0.15, 0.2) is 12.1 Å². The molecule has 1 aromatic rings. The van der Waals surface area contributed by atoms with Crippen LogP contribution in [0, 0.1) is 5.82 Å². The van der Waals surface area contributed by atoms with Gasteiger partial charge in [0.15, 0.2) is 6.79 Å². The third-order valence-electron chi connectivity index (χ3n) is 3.35. The van der Waals surface area contributed by atoms with Gasteiger partial charge >= 0.3 is 5.97 Å². The Hall–Kier alpha value is -1.62. The van der Waals surface area contributed by atoms with Gasteiger partial charge in [0.25, 0.3) is 0 Å². The predicted octanol–water partition coefficient (Wildman–Crippen LogP) is 1.81. The van der Waals surface area contributed by atoms with Crippen LogP contribution in [0.3, 0.4) is 0 Å². The minimum Gasteiger partial charge on any atom is -0.481 e. The zero-order valence-electron chi connectivity index (χ0n) is 9.03. The fourth-order valence-electron chi connectivity index (χ4n) is 2.26. The Bertz CT molecular complexity index is 494. The van der Waals surface area contributed by atoms with Crippen molar-refractivity contribution in [2.45, 2.75) is 24.9 Å². The van der Waals surface area contributed by atoms with Crippen molar-refractivity contribution in [3.8, 4) is 5.75 Å². The average molecular weight is 238 g/mol. The van der Waals surface area contributed by atoms with E-state index >= 15 is 0 Å². The van der Waals surface area contributed by atoms with Gasteiger partial charge in [-0.25, -0.2) is 4.39 Å². The first kappa shape index (κ1) is 10.5. The van der Waals surface area contributed by atoms with Crippen LogP contribution in [0.2, 0.25) is 0 Å². The Morgan fingerprint density at radius 3 is 2.82 bits per heavy atom. The van der Waals surface area contributed by atoms with Crippen molar-refractivity contribution in [2.24, 2.45) is 0 Å². The highest BCUT2D eigenvalue weighted by atomic mass is 19.1. The molecule has 1 aliphatic heterocycles. The summed E-state index contributed by atoms with van der Waals surface area (Å²) in [5, 5.41) is 9.24. The molecule has 17 heavy (non-hydrogen) atoms. The van der Waals surface area contributed by atoms with E-state index in [2.05, 4.69) is 0 Å². The van der Waals surface area contributed by atoms with Crippen LogP contribution < -0.4 is 4.74 Å². The fourth-order valence-corrected chi connectivity index (χ4v) is 2.26. The van der Waals surface area contributed by atoms with Gasteiger partial charge in [0.05, 0.1) is 12.0 Å². The number of carbonyl (C=O) groups is 1. The smallest absolute Gasteiger partial charge is 0.314 e. The van der Waals surface area contributed by atoms with Crippen LogP contribution in [-0.2, 0) is 21.6 Å². The minimum absolute atomic E-state index is 0.0847. The zero-order valence-corrected chi connectivity index (χ0v) is 9.03. The van der Waals surface area contributed by atoms with Crippen molar-refractivity contribution in [1.82, 2.24) is 0 Å². The maximum Gasteiger partial charge on any atom is 0.314 e. The van der Waals surface area contributed by atoms with Crippen LogP contribution in [0.4, 0.5) is 4.39 Å². The number of benzene rings is 1. The zero-order chi connectivity index (χ0) is 12.0. The number of rotatable bonds is 2. The first-order chi connectivity index (χ1) is 8.13. The number of aliphatic carboxylic acids is 1. The topological polar surface area (TPSA) is 55.8 Å². The minimum atomic E-state index is -0.955. The maximum absolute atomic E-state index is 13.5. The lowest BCUT2D eigenvalue weighted by Gasteiger charge is -2.23. The lowest BCUT2D eigenvalue weighted by Crippen LogP contribution is -2.23. The lowest BCUT2D eigenvalue weighted by atomic mass is 9.92. The molecule has 2 aliphatic rings. The molecule has 1 aromatic carbocycles. The van der Waals surface area contributed by atoms with Gasteiger partial charge in [-0.3, -0.25) is 4.79 Å². The van der Waals surface area contributed by atoms with Crippen LogP contribution in [0.5, 0.6) is 5.75 Å².